The van der Waals surface area contributed by atoms with Crippen molar-refractivity contribution >= 4 is 34.0 Å². The fourth-order valence-electron chi connectivity index (χ4n) is 3.00. The molecule has 0 aliphatic carbocycles. The van der Waals surface area contributed by atoms with Crippen molar-refractivity contribution in [3.8, 4) is 0 Å². The van der Waals surface area contributed by atoms with Crippen LogP contribution in [-0.2, 0) is 24.7 Å². The van der Waals surface area contributed by atoms with Gasteiger partial charge >= 0.3 is 0 Å². The first-order chi connectivity index (χ1) is 14.2. The van der Waals surface area contributed by atoms with Crippen molar-refractivity contribution in [2.45, 2.75) is 39.5 Å². The maximum Gasteiger partial charge on any atom is 0.274 e. The predicted octanol–water partition coefficient (Wildman–Crippen LogP) is 2.52. The van der Waals surface area contributed by atoms with E-state index >= 15 is 0 Å². The van der Waals surface area contributed by atoms with Crippen molar-refractivity contribution in [3.63, 3.8) is 0 Å². The molecule has 2 rings (SSSR count). The Labute approximate surface area is 182 Å². The van der Waals surface area contributed by atoms with E-state index in [0.29, 0.717) is 29.0 Å². The lowest BCUT2D eigenvalue weighted by Crippen LogP contribution is -2.28. The summed E-state index contributed by atoms with van der Waals surface area (Å²) in [6, 6.07) is 1.63. The zero-order chi connectivity index (χ0) is 22.3. The van der Waals surface area contributed by atoms with Crippen molar-refractivity contribution in [3.05, 3.63) is 28.5 Å². The number of aromatic nitrogens is 2. The number of thiazole rings is 1. The zero-order valence-electron chi connectivity index (χ0n) is 18.6. The van der Waals surface area contributed by atoms with Gasteiger partial charge in [-0.15, -0.1) is 11.3 Å². The summed E-state index contributed by atoms with van der Waals surface area (Å²) in [5.74, 6) is 0.236. The molecule has 8 nitrogen and oxygen atoms in total. The fraction of sp³-hybridized carbons (Fsp3) is 0.571. The average molecular weight is 435 g/mol. The third-order valence-corrected chi connectivity index (χ3v) is 5.71. The lowest BCUT2D eigenvalue weighted by Gasteiger charge is -2.10. The van der Waals surface area contributed by atoms with Gasteiger partial charge in [-0.2, -0.15) is 0 Å². The van der Waals surface area contributed by atoms with E-state index in [9.17, 15) is 9.59 Å². The van der Waals surface area contributed by atoms with Crippen LogP contribution in [0.5, 0.6) is 0 Å². The minimum atomic E-state index is -0.266. The molecule has 9 heteroatoms. The molecule has 0 saturated heterocycles. The quantitative estimate of drug-likeness (QED) is 0.471. The van der Waals surface area contributed by atoms with Crippen LogP contribution in [0.2, 0.25) is 0 Å². The summed E-state index contributed by atoms with van der Waals surface area (Å²) in [6.45, 7) is 5.90. The fourth-order valence-corrected chi connectivity index (χ4v) is 3.99. The number of rotatable bonds is 11. The molecule has 2 aromatic rings. The Morgan fingerprint density at radius 3 is 2.67 bits per heavy atom. The lowest BCUT2D eigenvalue weighted by molar-refractivity contribution is -0.120. The minimum absolute atomic E-state index is 0.0436. The van der Waals surface area contributed by atoms with Gasteiger partial charge in [-0.25, -0.2) is 4.98 Å². The Morgan fingerprint density at radius 2 is 2.07 bits per heavy atom. The molecule has 0 saturated carbocycles. The molecule has 0 aliphatic heterocycles. The summed E-state index contributed by atoms with van der Waals surface area (Å²) in [6.07, 6.45) is 4.65. The van der Waals surface area contributed by atoms with Crippen LogP contribution in [0.25, 0.3) is 0 Å². The van der Waals surface area contributed by atoms with Crippen molar-refractivity contribution in [2.75, 3.05) is 38.2 Å². The van der Waals surface area contributed by atoms with Crippen LogP contribution < -0.4 is 16.4 Å². The Bertz CT molecular complexity index is 856. The van der Waals surface area contributed by atoms with Gasteiger partial charge < -0.3 is 20.5 Å². The Morgan fingerprint density at radius 1 is 1.33 bits per heavy atom. The van der Waals surface area contributed by atoms with Gasteiger partial charge in [-0.3, -0.25) is 14.9 Å². The van der Waals surface area contributed by atoms with Gasteiger partial charge in [0.1, 0.15) is 5.69 Å². The molecular weight excluding hydrogens is 400 g/mol. The first kappa shape index (κ1) is 23.9. The van der Waals surface area contributed by atoms with E-state index < -0.39 is 0 Å². The van der Waals surface area contributed by atoms with Crippen molar-refractivity contribution in [2.24, 2.45) is 13.0 Å². The standard InChI is InChI=1S/C21H34N6O2S/c1-14(2)7-8-18-16(12-19(28)23-9-6-10-26(3)4)24-21(30-18)25-20(29)17-11-15(22)13-27(17)5/h11,13-14H,6-10,12,22H2,1-5H3,(H,23,28)(H,24,25,29). The smallest absolute Gasteiger partial charge is 0.274 e. The highest BCUT2D eigenvalue weighted by Crippen LogP contribution is 2.27. The van der Waals surface area contributed by atoms with Crippen LogP contribution in [0.1, 0.15) is 47.7 Å². The second-order valence-corrected chi connectivity index (χ2v) is 9.31. The number of aryl methyl sites for hydroxylation is 2. The summed E-state index contributed by atoms with van der Waals surface area (Å²) >= 11 is 1.44. The van der Waals surface area contributed by atoms with Crippen molar-refractivity contribution in [1.29, 1.82) is 0 Å². The molecule has 166 valence electrons. The first-order valence-electron chi connectivity index (χ1n) is 10.3. The Balaban J connectivity index is 2.06. The van der Waals surface area contributed by atoms with Crippen LogP contribution in [0.4, 0.5) is 10.8 Å². The van der Waals surface area contributed by atoms with E-state index in [1.165, 1.54) is 11.3 Å². The number of nitrogens with one attached hydrogen (secondary N) is 2. The van der Waals surface area contributed by atoms with E-state index in [4.69, 9.17) is 5.73 Å². The number of hydrogen-bond donors (Lipinski definition) is 3. The second kappa shape index (κ2) is 11.1. The van der Waals surface area contributed by atoms with E-state index in [0.717, 1.165) is 36.4 Å². The minimum Gasteiger partial charge on any atom is -0.397 e. The highest BCUT2D eigenvalue weighted by Gasteiger charge is 2.18. The van der Waals surface area contributed by atoms with Gasteiger partial charge in [-0.1, -0.05) is 13.8 Å². The molecule has 0 fully saturated rings. The van der Waals surface area contributed by atoms with Crippen LogP contribution in [-0.4, -0.2) is 53.5 Å². The maximum atomic E-state index is 12.6. The molecule has 2 heterocycles. The zero-order valence-corrected chi connectivity index (χ0v) is 19.4. The molecule has 0 aromatic carbocycles. The second-order valence-electron chi connectivity index (χ2n) is 8.23. The van der Waals surface area contributed by atoms with E-state index in [1.807, 2.05) is 14.1 Å². The summed E-state index contributed by atoms with van der Waals surface area (Å²) < 4.78 is 1.68. The van der Waals surface area contributed by atoms with Crippen molar-refractivity contribution in [1.82, 2.24) is 19.8 Å². The number of anilines is 2. The van der Waals surface area contributed by atoms with Crippen molar-refractivity contribution < 1.29 is 9.59 Å². The summed E-state index contributed by atoms with van der Waals surface area (Å²) in [5.41, 5.74) is 7.51. The normalized spacial score (nSPS) is 11.3. The summed E-state index contributed by atoms with van der Waals surface area (Å²) in [7, 11) is 5.79. The van der Waals surface area contributed by atoms with Gasteiger partial charge in [-0.05, 0) is 51.9 Å². The van der Waals surface area contributed by atoms with Gasteiger partial charge in [0.05, 0.1) is 17.8 Å². The molecule has 2 amide bonds. The number of nitrogens with two attached hydrogens (primary N) is 1. The first-order valence-corrected chi connectivity index (χ1v) is 11.1. The number of carbonyl (C=O) groups excluding carboxylic acids is 2. The summed E-state index contributed by atoms with van der Waals surface area (Å²) in [4.78, 5) is 32.7. The highest BCUT2D eigenvalue weighted by molar-refractivity contribution is 7.15. The molecule has 0 aliphatic rings. The predicted molar refractivity (Wildman–Crippen MR) is 123 cm³/mol. The van der Waals surface area contributed by atoms with E-state index in [1.54, 1.807) is 23.9 Å². The van der Waals surface area contributed by atoms with Gasteiger partial charge in [0.15, 0.2) is 5.13 Å². The highest BCUT2D eigenvalue weighted by atomic mass is 32.1. The number of nitrogen functional groups attached to an aromatic ring is 1. The number of carbonyl (C=O) groups is 2. The molecule has 4 N–H and O–H groups in total. The molecule has 0 atom stereocenters. The third-order valence-electron chi connectivity index (χ3n) is 4.64. The topological polar surface area (TPSA) is 105 Å². The molecule has 0 spiro atoms. The van der Waals surface area contributed by atoms with E-state index in [-0.39, 0.29) is 18.2 Å². The number of hydrogen-bond acceptors (Lipinski definition) is 6. The van der Waals surface area contributed by atoms with Crippen LogP contribution in [0.3, 0.4) is 0 Å². The Kier molecular flexibility index (Phi) is 8.86. The Hall–Kier alpha value is -2.39. The molecule has 30 heavy (non-hydrogen) atoms. The van der Waals surface area contributed by atoms with Gasteiger partial charge in [0.2, 0.25) is 5.91 Å². The number of amides is 2. The average Bonchev–Trinajstić information content (AvgIpc) is 3.18. The molecule has 0 radical (unpaired) electrons. The third kappa shape index (κ3) is 7.46. The number of nitrogens with zero attached hydrogens (tertiary/aromatic N) is 3. The van der Waals surface area contributed by atoms with Crippen LogP contribution in [0, 0.1) is 5.92 Å². The lowest BCUT2D eigenvalue weighted by atomic mass is 10.1. The van der Waals surface area contributed by atoms with E-state index in [2.05, 4.69) is 34.4 Å². The van der Waals surface area contributed by atoms with Crippen LogP contribution in [0.15, 0.2) is 12.3 Å². The molecular formula is C21H34N6O2S. The van der Waals surface area contributed by atoms with Gasteiger partial charge in [0.25, 0.3) is 5.91 Å². The van der Waals surface area contributed by atoms with Crippen LogP contribution >= 0.6 is 11.3 Å². The molecule has 0 bridgehead atoms. The van der Waals surface area contributed by atoms with Gasteiger partial charge in [0, 0.05) is 24.7 Å². The maximum absolute atomic E-state index is 12.6. The molecule has 2 aromatic heterocycles. The molecule has 0 unspecified atom stereocenters. The summed E-state index contributed by atoms with van der Waals surface area (Å²) in [5, 5.41) is 6.32. The largest absolute Gasteiger partial charge is 0.397 e. The monoisotopic (exact) mass is 434 g/mol. The SMILES string of the molecule is CC(C)CCc1sc(NC(=O)c2cc(N)cn2C)nc1CC(=O)NCCCN(C)C.